The van der Waals surface area contributed by atoms with Gasteiger partial charge in [-0.15, -0.1) is 10.2 Å². The molecule has 0 aromatic carbocycles. The lowest BCUT2D eigenvalue weighted by Crippen LogP contribution is -2.49. The highest BCUT2D eigenvalue weighted by Gasteiger charge is 2.32. The van der Waals surface area contributed by atoms with E-state index in [2.05, 4.69) is 25.1 Å². The minimum atomic E-state index is -0.633. The number of methoxy groups -OCH3 is 1. The van der Waals surface area contributed by atoms with E-state index < -0.39 is 11.7 Å². The first kappa shape index (κ1) is 27.6. The SMILES string of the molecule is COc1cnc2ccc(=O)n(CCN3CCC(N(Cc4cc5c(nn4)OCCO5)C(=O)OC(C)(C)C)CC3)c2n1. The Balaban J connectivity index is 1.26. The first-order valence-corrected chi connectivity index (χ1v) is 13.4. The predicted molar refractivity (Wildman–Crippen MR) is 145 cm³/mol. The Morgan fingerprint density at radius 1 is 1.12 bits per heavy atom. The van der Waals surface area contributed by atoms with Crippen molar-refractivity contribution in [2.75, 3.05) is 40.0 Å². The van der Waals surface area contributed by atoms with E-state index >= 15 is 0 Å². The van der Waals surface area contributed by atoms with E-state index in [4.69, 9.17) is 18.9 Å². The summed E-state index contributed by atoms with van der Waals surface area (Å²) in [6, 6.07) is 4.91. The molecular formula is C27H35N7O6. The van der Waals surface area contributed by atoms with E-state index in [1.807, 2.05) is 20.8 Å². The molecule has 40 heavy (non-hydrogen) atoms. The van der Waals surface area contributed by atoms with Gasteiger partial charge in [0.15, 0.2) is 11.4 Å². The van der Waals surface area contributed by atoms with Crippen molar-refractivity contribution in [1.29, 1.82) is 0 Å². The second-order valence-corrected chi connectivity index (χ2v) is 10.8. The van der Waals surface area contributed by atoms with Crippen LogP contribution in [0.1, 0.15) is 39.3 Å². The zero-order valence-corrected chi connectivity index (χ0v) is 23.3. The third kappa shape index (κ3) is 6.41. The third-order valence-electron chi connectivity index (χ3n) is 6.83. The Hall–Kier alpha value is -4.00. The summed E-state index contributed by atoms with van der Waals surface area (Å²) in [4.78, 5) is 38.7. The minimum absolute atomic E-state index is 0.0449. The van der Waals surface area contributed by atoms with Gasteiger partial charge in [-0.3, -0.25) is 14.3 Å². The molecule has 13 heteroatoms. The topological polar surface area (TPSA) is 134 Å². The van der Waals surface area contributed by atoms with Crippen LogP contribution in [-0.2, 0) is 17.8 Å². The fourth-order valence-electron chi connectivity index (χ4n) is 4.85. The van der Waals surface area contributed by atoms with Gasteiger partial charge in [0.25, 0.3) is 11.4 Å². The molecule has 2 aliphatic rings. The van der Waals surface area contributed by atoms with Gasteiger partial charge in [-0.2, -0.15) is 4.98 Å². The number of nitrogens with zero attached hydrogens (tertiary/aromatic N) is 7. The molecule has 5 heterocycles. The number of carbonyl (C=O) groups excluding carboxylic acids is 1. The molecule has 214 valence electrons. The molecule has 1 amide bonds. The van der Waals surface area contributed by atoms with Crippen LogP contribution >= 0.6 is 0 Å². The quantitative estimate of drug-likeness (QED) is 0.426. The number of aromatic nitrogens is 5. The van der Waals surface area contributed by atoms with Crippen LogP contribution in [0.2, 0.25) is 0 Å². The molecule has 1 fully saturated rings. The van der Waals surface area contributed by atoms with Crippen molar-refractivity contribution in [2.45, 2.75) is 58.3 Å². The monoisotopic (exact) mass is 553 g/mol. The first-order chi connectivity index (χ1) is 19.2. The summed E-state index contributed by atoms with van der Waals surface area (Å²) in [6.07, 6.45) is 2.64. The van der Waals surface area contributed by atoms with Gasteiger partial charge in [-0.1, -0.05) is 0 Å². The number of ether oxygens (including phenoxy) is 4. The normalized spacial score (nSPS) is 16.1. The lowest BCUT2D eigenvalue weighted by atomic mass is 10.0. The largest absolute Gasteiger partial charge is 0.484 e. The highest BCUT2D eigenvalue weighted by Crippen LogP contribution is 2.28. The van der Waals surface area contributed by atoms with E-state index in [1.54, 1.807) is 21.6 Å². The number of pyridine rings is 1. The van der Waals surface area contributed by atoms with Crippen molar-refractivity contribution in [3.05, 3.63) is 40.4 Å². The summed E-state index contributed by atoms with van der Waals surface area (Å²) in [5.41, 5.74) is 0.963. The summed E-state index contributed by atoms with van der Waals surface area (Å²) in [6.45, 7) is 9.31. The molecule has 0 radical (unpaired) electrons. The number of hydrogen-bond acceptors (Lipinski definition) is 11. The van der Waals surface area contributed by atoms with Crippen molar-refractivity contribution in [3.8, 4) is 17.5 Å². The average Bonchev–Trinajstić information content (AvgIpc) is 2.94. The van der Waals surface area contributed by atoms with Gasteiger partial charge < -0.3 is 23.8 Å². The summed E-state index contributed by atoms with van der Waals surface area (Å²) in [5.74, 6) is 1.25. The van der Waals surface area contributed by atoms with Gasteiger partial charge >= 0.3 is 6.09 Å². The van der Waals surface area contributed by atoms with Gasteiger partial charge in [-0.25, -0.2) is 9.78 Å². The molecule has 0 N–H and O–H groups in total. The second-order valence-electron chi connectivity index (χ2n) is 10.8. The van der Waals surface area contributed by atoms with E-state index in [-0.39, 0.29) is 18.1 Å². The molecule has 0 bridgehead atoms. The lowest BCUT2D eigenvalue weighted by Gasteiger charge is -2.39. The minimum Gasteiger partial charge on any atom is -0.484 e. The van der Waals surface area contributed by atoms with Crippen molar-refractivity contribution >= 4 is 17.3 Å². The maximum Gasteiger partial charge on any atom is 0.410 e. The van der Waals surface area contributed by atoms with Gasteiger partial charge in [0, 0.05) is 44.4 Å². The maximum atomic E-state index is 13.3. The fraction of sp³-hybridized carbons (Fsp3) is 0.556. The van der Waals surface area contributed by atoms with Crippen LogP contribution in [0.3, 0.4) is 0 Å². The molecule has 0 atom stereocenters. The summed E-state index contributed by atoms with van der Waals surface area (Å²) >= 11 is 0. The van der Waals surface area contributed by atoms with Gasteiger partial charge in [0.05, 0.1) is 25.5 Å². The maximum absolute atomic E-state index is 13.3. The number of likely N-dealkylation sites (tertiary alicyclic amines) is 1. The third-order valence-corrected chi connectivity index (χ3v) is 6.83. The smallest absolute Gasteiger partial charge is 0.410 e. The van der Waals surface area contributed by atoms with Crippen molar-refractivity contribution < 1.29 is 23.7 Å². The van der Waals surface area contributed by atoms with E-state index in [1.165, 1.54) is 19.4 Å². The van der Waals surface area contributed by atoms with E-state index in [0.717, 1.165) is 25.9 Å². The molecule has 0 spiro atoms. The molecule has 0 saturated carbocycles. The van der Waals surface area contributed by atoms with Gasteiger partial charge in [0.2, 0.25) is 5.88 Å². The zero-order chi connectivity index (χ0) is 28.3. The number of piperidine rings is 1. The Labute approximate surface area is 232 Å². The molecule has 13 nitrogen and oxygen atoms in total. The van der Waals surface area contributed by atoms with Crippen LogP contribution in [0.15, 0.2) is 29.2 Å². The van der Waals surface area contributed by atoms with Crippen LogP contribution in [0.4, 0.5) is 4.79 Å². The van der Waals surface area contributed by atoms with Crippen molar-refractivity contribution in [1.82, 2.24) is 34.5 Å². The molecule has 2 aliphatic heterocycles. The molecular weight excluding hydrogens is 518 g/mol. The Kier molecular flexibility index (Phi) is 8.01. The molecule has 0 aliphatic carbocycles. The number of carbonyl (C=O) groups is 1. The van der Waals surface area contributed by atoms with E-state index in [0.29, 0.717) is 60.7 Å². The zero-order valence-electron chi connectivity index (χ0n) is 23.3. The van der Waals surface area contributed by atoms with Crippen molar-refractivity contribution in [3.63, 3.8) is 0 Å². The molecule has 3 aromatic heterocycles. The number of fused-ring (bicyclic) bond motifs is 2. The van der Waals surface area contributed by atoms with E-state index in [9.17, 15) is 9.59 Å². The Bertz CT molecular complexity index is 1410. The molecule has 5 rings (SSSR count). The number of amides is 1. The molecule has 1 saturated heterocycles. The van der Waals surface area contributed by atoms with Crippen LogP contribution in [0.25, 0.3) is 11.2 Å². The number of rotatable bonds is 7. The standard InChI is InChI=1S/C27H35N7O6/c1-27(2,3)40-26(36)34(17-18-15-21-25(31-30-18)39-14-13-38-21)19-7-9-32(10-8-19)11-12-33-23(35)6-5-20-24(33)29-22(37-4)16-28-20/h5-6,15-16,19H,7-14,17H2,1-4H3. The van der Waals surface area contributed by atoms with Gasteiger partial charge in [-0.05, 0) is 39.7 Å². The first-order valence-electron chi connectivity index (χ1n) is 13.4. The highest BCUT2D eigenvalue weighted by atomic mass is 16.6. The number of hydrogen-bond donors (Lipinski definition) is 0. The van der Waals surface area contributed by atoms with Crippen LogP contribution in [0, 0.1) is 0 Å². The van der Waals surface area contributed by atoms with Crippen molar-refractivity contribution in [2.24, 2.45) is 0 Å². The molecule has 3 aromatic rings. The average molecular weight is 554 g/mol. The van der Waals surface area contributed by atoms with Crippen LogP contribution in [0.5, 0.6) is 17.5 Å². The molecule has 0 unspecified atom stereocenters. The summed E-state index contributed by atoms with van der Waals surface area (Å²) in [5, 5.41) is 8.39. The van der Waals surface area contributed by atoms with Crippen LogP contribution in [-0.4, -0.2) is 92.2 Å². The lowest BCUT2D eigenvalue weighted by molar-refractivity contribution is 0.00521. The van der Waals surface area contributed by atoms with Crippen LogP contribution < -0.4 is 19.8 Å². The fourth-order valence-corrected chi connectivity index (χ4v) is 4.85. The van der Waals surface area contributed by atoms with Gasteiger partial charge in [0.1, 0.15) is 24.3 Å². The highest BCUT2D eigenvalue weighted by molar-refractivity contribution is 5.70. The Morgan fingerprint density at radius 3 is 2.65 bits per heavy atom. The Morgan fingerprint density at radius 2 is 1.90 bits per heavy atom. The summed E-state index contributed by atoms with van der Waals surface area (Å²) in [7, 11) is 1.52. The summed E-state index contributed by atoms with van der Waals surface area (Å²) < 4.78 is 23.7. The predicted octanol–water partition coefficient (Wildman–Crippen LogP) is 2.26. The second kappa shape index (κ2) is 11.6.